The number of unbranched alkanes of at least 4 members (excludes halogenated alkanes) is 12. The van der Waals surface area contributed by atoms with Gasteiger partial charge in [0.2, 0.25) is 0 Å². The van der Waals surface area contributed by atoms with Crippen LogP contribution in [0.4, 0.5) is 0 Å². The van der Waals surface area contributed by atoms with Gasteiger partial charge in [-0.25, -0.2) is 0 Å². The van der Waals surface area contributed by atoms with Gasteiger partial charge in [-0.15, -0.1) is 0 Å². The number of carboxylic acids is 1. The van der Waals surface area contributed by atoms with Gasteiger partial charge in [0.25, 0.3) is 0 Å². The molecule has 0 radical (unpaired) electrons. The minimum Gasteiger partial charge on any atom is -0.550 e. The molecule has 0 aromatic heterocycles. The van der Waals surface area contributed by atoms with E-state index in [4.69, 9.17) is 4.74 Å². The quantitative estimate of drug-likeness (QED) is 0.291. The van der Waals surface area contributed by atoms with E-state index < -0.39 is 5.97 Å². The lowest BCUT2D eigenvalue weighted by Crippen LogP contribution is -2.23. The molecule has 0 atom stereocenters. The average Bonchev–Trinajstić information content (AvgIpc) is 2.49. The predicted octanol–water partition coefficient (Wildman–Crippen LogP) is 4.93. The second kappa shape index (κ2) is 15.2. The van der Waals surface area contributed by atoms with Gasteiger partial charge in [0.1, 0.15) is 5.60 Å². The van der Waals surface area contributed by atoms with Crippen LogP contribution in [0.25, 0.3) is 0 Å². The van der Waals surface area contributed by atoms with Crippen molar-refractivity contribution in [2.75, 3.05) is 0 Å². The van der Waals surface area contributed by atoms with Crippen molar-refractivity contribution in [2.24, 2.45) is 0 Å². The molecular formula is C21H39O4-. The number of aliphatic carboxylic acids is 1. The molecule has 0 aromatic rings. The Kier molecular flexibility index (Phi) is 14.6. The van der Waals surface area contributed by atoms with E-state index in [2.05, 4.69) is 0 Å². The van der Waals surface area contributed by atoms with Gasteiger partial charge >= 0.3 is 5.97 Å². The van der Waals surface area contributed by atoms with E-state index in [-0.39, 0.29) is 18.0 Å². The number of hydrogen-bond acceptors (Lipinski definition) is 4. The summed E-state index contributed by atoms with van der Waals surface area (Å²) in [6.07, 6.45) is 15.9. The normalized spacial score (nSPS) is 11.5. The summed E-state index contributed by atoms with van der Waals surface area (Å²) < 4.78 is 5.29. The standard InChI is InChI=1S/C21H40O4/c1-21(2,3)25-20(24)18-16-14-12-10-8-6-4-5-7-9-11-13-15-17-19(22)23/h4-18H2,1-3H3,(H,22,23)/p-1. The van der Waals surface area contributed by atoms with E-state index in [1.807, 2.05) is 20.8 Å². The lowest BCUT2D eigenvalue weighted by atomic mass is 10.0. The van der Waals surface area contributed by atoms with Crippen LogP contribution >= 0.6 is 0 Å². The van der Waals surface area contributed by atoms with E-state index in [9.17, 15) is 14.7 Å². The molecule has 0 aliphatic heterocycles. The molecule has 4 heteroatoms. The molecule has 0 aliphatic carbocycles. The third kappa shape index (κ3) is 20.9. The van der Waals surface area contributed by atoms with Gasteiger partial charge in [-0.1, -0.05) is 70.6 Å². The minimum atomic E-state index is -0.926. The Morgan fingerprint density at radius 1 is 0.640 bits per heavy atom. The van der Waals surface area contributed by atoms with Crippen LogP contribution < -0.4 is 5.11 Å². The first-order chi connectivity index (χ1) is 11.8. The first kappa shape index (κ1) is 23.9. The molecule has 0 fully saturated rings. The molecule has 0 amide bonds. The second-order valence-corrected chi connectivity index (χ2v) is 8.05. The molecule has 0 saturated heterocycles. The third-order valence-electron chi connectivity index (χ3n) is 4.18. The highest BCUT2D eigenvalue weighted by Crippen LogP contribution is 2.14. The number of rotatable bonds is 16. The van der Waals surface area contributed by atoms with Crippen LogP contribution in [0.2, 0.25) is 0 Å². The fraction of sp³-hybridized carbons (Fsp3) is 0.905. The molecular weight excluding hydrogens is 316 g/mol. The van der Waals surface area contributed by atoms with Crippen LogP contribution in [0.3, 0.4) is 0 Å². The highest BCUT2D eigenvalue weighted by atomic mass is 16.6. The molecule has 0 saturated carbocycles. The van der Waals surface area contributed by atoms with E-state index in [1.54, 1.807) is 0 Å². The lowest BCUT2D eigenvalue weighted by Gasteiger charge is -2.19. The van der Waals surface area contributed by atoms with E-state index in [1.165, 1.54) is 51.4 Å². The molecule has 0 heterocycles. The van der Waals surface area contributed by atoms with Gasteiger partial charge in [-0.3, -0.25) is 4.79 Å². The van der Waals surface area contributed by atoms with Crippen molar-refractivity contribution in [3.05, 3.63) is 0 Å². The van der Waals surface area contributed by atoms with E-state index in [0.717, 1.165) is 32.1 Å². The van der Waals surface area contributed by atoms with Gasteiger partial charge in [0, 0.05) is 12.4 Å². The molecule has 0 unspecified atom stereocenters. The molecule has 148 valence electrons. The monoisotopic (exact) mass is 355 g/mol. The van der Waals surface area contributed by atoms with Crippen LogP contribution in [0.5, 0.6) is 0 Å². The van der Waals surface area contributed by atoms with Crippen LogP contribution in [-0.2, 0) is 14.3 Å². The average molecular weight is 356 g/mol. The minimum absolute atomic E-state index is 0.0767. The highest BCUT2D eigenvalue weighted by Gasteiger charge is 2.15. The summed E-state index contributed by atoms with van der Waals surface area (Å²) in [4.78, 5) is 21.8. The maximum absolute atomic E-state index is 11.6. The fourth-order valence-corrected chi connectivity index (χ4v) is 2.88. The Balaban J connectivity index is 3.17. The maximum atomic E-state index is 11.6. The Bertz CT molecular complexity index is 344. The third-order valence-corrected chi connectivity index (χ3v) is 4.18. The zero-order chi connectivity index (χ0) is 19.0. The first-order valence-corrected chi connectivity index (χ1v) is 10.2. The van der Waals surface area contributed by atoms with Gasteiger partial charge in [-0.05, 0) is 40.0 Å². The fourth-order valence-electron chi connectivity index (χ4n) is 2.88. The van der Waals surface area contributed by atoms with Gasteiger partial charge in [-0.2, -0.15) is 0 Å². The summed E-state index contributed by atoms with van der Waals surface area (Å²) in [5, 5.41) is 10.3. The van der Waals surface area contributed by atoms with Crippen LogP contribution in [0.15, 0.2) is 0 Å². The highest BCUT2D eigenvalue weighted by molar-refractivity contribution is 5.69. The summed E-state index contributed by atoms with van der Waals surface area (Å²) in [5.41, 5.74) is -0.368. The molecule has 0 aromatic carbocycles. The molecule has 0 aliphatic rings. The Hall–Kier alpha value is -1.06. The number of hydrogen-bond donors (Lipinski definition) is 0. The summed E-state index contributed by atoms with van der Waals surface area (Å²) in [5.74, 6) is -1.00. The lowest BCUT2D eigenvalue weighted by molar-refractivity contribution is -0.305. The summed E-state index contributed by atoms with van der Waals surface area (Å²) in [7, 11) is 0. The van der Waals surface area contributed by atoms with Crippen molar-refractivity contribution in [3.63, 3.8) is 0 Å². The number of carbonyl (C=O) groups excluding carboxylic acids is 2. The maximum Gasteiger partial charge on any atom is 0.306 e. The topological polar surface area (TPSA) is 66.4 Å². The number of ether oxygens (including phenoxy) is 1. The second-order valence-electron chi connectivity index (χ2n) is 8.05. The number of esters is 1. The molecule has 25 heavy (non-hydrogen) atoms. The number of carbonyl (C=O) groups is 2. The van der Waals surface area contributed by atoms with Crippen LogP contribution in [-0.4, -0.2) is 17.5 Å². The molecule has 4 nitrogen and oxygen atoms in total. The Morgan fingerprint density at radius 2 is 0.960 bits per heavy atom. The van der Waals surface area contributed by atoms with Crippen molar-refractivity contribution >= 4 is 11.9 Å². The zero-order valence-electron chi connectivity index (χ0n) is 16.7. The van der Waals surface area contributed by atoms with Gasteiger partial charge in [0.15, 0.2) is 0 Å². The Morgan fingerprint density at radius 3 is 1.28 bits per heavy atom. The zero-order valence-corrected chi connectivity index (χ0v) is 16.7. The van der Waals surface area contributed by atoms with Gasteiger partial charge in [0.05, 0.1) is 0 Å². The molecule has 0 rings (SSSR count). The van der Waals surface area contributed by atoms with Gasteiger partial charge < -0.3 is 14.6 Å². The summed E-state index contributed by atoms with van der Waals surface area (Å²) >= 11 is 0. The Labute approximate surface area is 154 Å². The molecule has 0 N–H and O–H groups in total. The van der Waals surface area contributed by atoms with E-state index in [0.29, 0.717) is 6.42 Å². The largest absolute Gasteiger partial charge is 0.550 e. The van der Waals surface area contributed by atoms with Crippen molar-refractivity contribution in [1.82, 2.24) is 0 Å². The van der Waals surface area contributed by atoms with Crippen molar-refractivity contribution in [1.29, 1.82) is 0 Å². The summed E-state index contributed by atoms with van der Waals surface area (Å²) in [6.45, 7) is 5.71. The van der Waals surface area contributed by atoms with Crippen LogP contribution in [0.1, 0.15) is 117 Å². The van der Waals surface area contributed by atoms with Crippen molar-refractivity contribution in [2.45, 2.75) is 123 Å². The molecule has 0 spiro atoms. The van der Waals surface area contributed by atoms with Crippen molar-refractivity contribution in [3.8, 4) is 0 Å². The smallest absolute Gasteiger partial charge is 0.306 e. The number of carboxylic acid groups (broad SMARTS) is 1. The summed E-state index contributed by atoms with van der Waals surface area (Å²) in [6, 6.07) is 0. The predicted molar refractivity (Wildman–Crippen MR) is 100 cm³/mol. The first-order valence-electron chi connectivity index (χ1n) is 10.2. The molecule has 0 bridgehead atoms. The van der Waals surface area contributed by atoms with Crippen LogP contribution in [0, 0.1) is 0 Å². The van der Waals surface area contributed by atoms with E-state index >= 15 is 0 Å². The van der Waals surface area contributed by atoms with Crippen molar-refractivity contribution < 1.29 is 19.4 Å². The SMILES string of the molecule is CC(C)(C)OC(=O)CCCCCCCCCCCCCCCC(=O)[O-].